The highest BCUT2D eigenvalue weighted by Crippen LogP contribution is 2.26. The second kappa shape index (κ2) is 10.4. The van der Waals surface area contributed by atoms with Crippen molar-refractivity contribution in [2.75, 3.05) is 25.0 Å². The van der Waals surface area contributed by atoms with E-state index in [0.717, 1.165) is 35.5 Å². The summed E-state index contributed by atoms with van der Waals surface area (Å²) < 4.78 is 5.41. The molecule has 0 aliphatic heterocycles. The zero-order valence-electron chi connectivity index (χ0n) is 17.0. The summed E-state index contributed by atoms with van der Waals surface area (Å²) in [5.74, 6) is 0.00934. The van der Waals surface area contributed by atoms with Gasteiger partial charge in [-0.1, -0.05) is 30.3 Å². The van der Waals surface area contributed by atoms with E-state index in [4.69, 9.17) is 4.74 Å². The normalized spacial score (nSPS) is 11.0. The molecule has 0 saturated carbocycles. The Morgan fingerprint density at radius 1 is 1.04 bits per heavy atom. The number of likely N-dealkylation sites (N-methyl/N-ethyl adjacent to an activating group) is 1. The van der Waals surface area contributed by atoms with Crippen molar-refractivity contribution in [3.05, 3.63) is 65.2 Å². The van der Waals surface area contributed by atoms with Gasteiger partial charge in [-0.05, 0) is 62.6 Å². The van der Waals surface area contributed by atoms with Crippen LogP contribution in [0.4, 0.5) is 5.69 Å². The third kappa shape index (κ3) is 6.35. The van der Waals surface area contributed by atoms with Crippen molar-refractivity contribution in [3.8, 4) is 5.75 Å². The highest BCUT2D eigenvalue weighted by molar-refractivity contribution is 5.93. The number of ether oxygens (including phenoxy) is 1. The fourth-order valence-corrected chi connectivity index (χ4v) is 2.97. The molecule has 5 nitrogen and oxygen atoms in total. The molecule has 2 aromatic carbocycles. The minimum Gasteiger partial charge on any atom is -0.423 e. The highest BCUT2D eigenvalue weighted by atomic mass is 16.5. The van der Waals surface area contributed by atoms with E-state index in [1.165, 1.54) is 11.0 Å². The largest absolute Gasteiger partial charge is 0.423 e. The minimum absolute atomic E-state index is 0.0135. The lowest BCUT2D eigenvalue weighted by Crippen LogP contribution is -3.12. The van der Waals surface area contributed by atoms with E-state index in [9.17, 15) is 9.59 Å². The molecular formula is C23H29N2O3+. The van der Waals surface area contributed by atoms with E-state index >= 15 is 0 Å². The lowest BCUT2D eigenvalue weighted by molar-refractivity contribution is -0.888. The second-order valence-corrected chi connectivity index (χ2v) is 6.78. The standard InChI is InChI=1S/C23H28N2O3/c1-5-25(6-2)16-21(26)24-23-17(3)14-20(15-18(23)4)28-22(27)13-12-19-10-8-7-9-11-19/h7-15H,5-6,16H2,1-4H3,(H,24,26)/p+1/b13-12+. The molecule has 2 rings (SSSR count). The number of anilines is 1. The number of hydrogen-bond donors (Lipinski definition) is 2. The molecule has 0 aliphatic rings. The summed E-state index contributed by atoms with van der Waals surface area (Å²) in [4.78, 5) is 25.6. The zero-order valence-corrected chi connectivity index (χ0v) is 17.0. The van der Waals surface area contributed by atoms with Gasteiger partial charge in [0.25, 0.3) is 5.91 Å². The Balaban J connectivity index is 2.03. The first-order chi connectivity index (χ1) is 13.4. The zero-order chi connectivity index (χ0) is 20.5. The maximum atomic E-state index is 12.3. The first kappa shape index (κ1) is 21.4. The van der Waals surface area contributed by atoms with Crippen LogP contribution < -0.4 is 15.0 Å². The molecule has 2 N–H and O–H groups in total. The molecule has 2 aromatic rings. The molecule has 0 fully saturated rings. The van der Waals surface area contributed by atoms with E-state index in [0.29, 0.717) is 12.3 Å². The number of nitrogens with one attached hydrogen (secondary N) is 2. The van der Waals surface area contributed by atoms with Crippen LogP contribution in [0.2, 0.25) is 0 Å². The second-order valence-electron chi connectivity index (χ2n) is 6.78. The summed E-state index contributed by atoms with van der Waals surface area (Å²) in [5.41, 5.74) is 3.42. The fourth-order valence-electron chi connectivity index (χ4n) is 2.97. The molecule has 0 aliphatic carbocycles. The van der Waals surface area contributed by atoms with Crippen LogP contribution in [-0.2, 0) is 9.59 Å². The van der Waals surface area contributed by atoms with Gasteiger partial charge in [-0.15, -0.1) is 0 Å². The van der Waals surface area contributed by atoms with Crippen LogP contribution in [0.1, 0.15) is 30.5 Å². The van der Waals surface area contributed by atoms with Crippen molar-refractivity contribution >= 4 is 23.6 Å². The van der Waals surface area contributed by atoms with Crippen molar-refractivity contribution in [2.24, 2.45) is 0 Å². The smallest absolute Gasteiger partial charge is 0.336 e. The van der Waals surface area contributed by atoms with Crippen LogP contribution in [0, 0.1) is 13.8 Å². The van der Waals surface area contributed by atoms with Crippen LogP contribution in [0.5, 0.6) is 5.75 Å². The number of carbonyl (C=O) groups excluding carboxylic acids is 2. The van der Waals surface area contributed by atoms with Gasteiger partial charge in [0.05, 0.1) is 13.1 Å². The molecule has 0 heterocycles. The van der Waals surface area contributed by atoms with Gasteiger partial charge in [0.1, 0.15) is 5.75 Å². The first-order valence-corrected chi connectivity index (χ1v) is 9.62. The topological polar surface area (TPSA) is 59.8 Å². The third-order valence-corrected chi connectivity index (χ3v) is 4.61. The molecule has 5 heteroatoms. The average molecular weight is 381 g/mol. The minimum atomic E-state index is -0.440. The van der Waals surface area contributed by atoms with Crippen LogP contribution in [0.15, 0.2) is 48.5 Å². The summed E-state index contributed by atoms with van der Waals surface area (Å²) in [6.45, 7) is 10.2. The molecule has 0 saturated heterocycles. The van der Waals surface area contributed by atoms with E-state index in [-0.39, 0.29) is 5.91 Å². The summed E-state index contributed by atoms with van der Waals surface area (Å²) in [6.07, 6.45) is 3.12. The van der Waals surface area contributed by atoms with Gasteiger partial charge in [0.2, 0.25) is 0 Å². The van der Waals surface area contributed by atoms with E-state index in [2.05, 4.69) is 19.2 Å². The Hall–Kier alpha value is -2.92. The number of hydrogen-bond acceptors (Lipinski definition) is 3. The number of esters is 1. The monoisotopic (exact) mass is 381 g/mol. The van der Waals surface area contributed by atoms with Gasteiger partial charge in [-0.3, -0.25) is 4.79 Å². The molecule has 0 spiro atoms. The summed E-state index contributed by atoms with van der Waals surface area (Å²) in [6, 6.07) is 13.1. The SMILES string of the molecule is CC[NH+](CC)CC(=O)Nc1c(C)cc(OC(=O)/C=C/c2ccccc2)cc1C. The predicted octanol–water partition coefficient (Wildman–Crippen LogP) is 2.79. The quantitative estimate of drug-likeness (QED) is 0.420. The van der Waals surface area contributed by atoms with Gasteiger partial charge in [0.15, 0.2) is 6.54 Å². The van der Waals surface area contributed by atoms with Crippen LogP contribution >= 0.6 is 0 Å². The number of aryl methyl sites for hydroxylation is 2. The molecule has 0 atom stereocenters. The Morgan fingerprint density at radius 2 is 1.64 bits per heavy atom. The lowest BCUT2D eigenvalue weighted by Gasteiger charge is -2.17. The molecule has 0 radical (unpaired) electrons. The predicted molar refractivity (Wildman–Crippen MR) is 113 cm³/mol. The number of quaternary nitrogens is 1. The molecule has 0 bridgehead atoms. The fraction of sp³-hybridized carbons (Fsp3) is 0.304. The van der Waals surface area contributed by atoms with E-state index in [1.54, 1.807) is 18.2 Å². The van der Waals surface area contributed by atoms with Crippen molar-refractivity contribution in [1.29, 1.82) is 0 Å². The Bertz CT molecular complexity index is 817. The Morgan fingerprint density at radius 3 is 2.21 bits per heavy atom. The van der Waals surface area contributed by atoms with Gasteiger partial charge in [0, 0.05) is 11.8 Å². The maximum Gasteiger partial charge on any atom is 0.336 e. The van der Waals surface area contributed by atoms with Crippen LogP contribution in [0.25, 0.3) is 6.08 Å². The average Bonchev–Trinajstić information content (AvgIpc) is 2.68. The number of amides is 1. The van der Waals surface area contributed by atoms with Crippen LogP contribution in [-0.4, -0.2) is 31.5 Å². The van der Waals surface area contributed by atoms with E-state index in [1.807, 2.05) is 44.2 Å². The number of benzene rings is 2. The maximum absolute atomic E-state index is 12.3. The Labute approximate surface area is 167 Å². The highest BCUT2D eigenvalue weighted by Gasteiger charge is 2.14. The van der Waals surface area contributed by atoms with Gasteiger partial charge >= 0.3 is 5.97 Å². The van der Waals surface area contributed by atoms with Crippen LogP contribution in [0.3, 0.4) is 0 Å². The molecular weight excluding hydrogens is 352 g/mol. The van der Waals surface area contributed by atoms with Crippen molar-refractivity contribution in [2.45, 2.75) is 27.7 Å². The number of carbonyl (C=O) groups is 2. The summed E-state index contributed by atoms with van der Waals surface area (Å²) >= 11 is 0. The summed E-state index contributed by atoms with van der Waals surface area (Å²) in [7, 11) is 0. The van der Waals surface area contributed by atoms with Gasteiger partial charge in [-0.25, -0.2) is 4.79 Å². The van der Waals surface area contributed by atoms with Gasteiger partial charge in [-0.2, -0.15) is 0 Å². The Kier molecular flexibility index (Phi) is 7.96. The molecule has 148 valence electrons. The van der Waals surface area contributed by atoms with Gasteiger partial charge < -0.3 is 15.0 Å². The molecule has 0 aromatic heterocycles. The van der Waals surface area contributed by atoms with Crippen molar-refractivity contribution in [3.63, 3.8) is 0 Å². The van der Waals surface area contributed by atoms with E-state index < -0.39 is 5.97 Å². The van der Waals surface area contributed by atoms with Crippen molar-refractivity contribution < 1.29 is 19.2 Å². The third-order valence-electron chi connectivity index (χ3n) is 4.61. The molecule has 1 amide bonds. The van der Waals surface area contributed by atoms with Crippen molar-refractivity contribution in [1.82, 2.24) is 0 Å². The summed E-state index contributed by atoms with van der Waals surface area (Å²) in [5, 5.41) is 2.99. The number of rotatable bonds is 8. The molecule has 28 heavy (non-hydrogen) atoms. The molecule has 0 unspecified atom stereocenters. The first-order valence-electron chi connectivity index (χ1n) is 9.62. The lowest BCUT2D eigenvalue weighted by atomic mass is 10.1.